The minimum Gasteiger partial charge on any atom is -0.495 e. The number of hydrogen-bond donors (Lipinski definition) is 2. The van der Waals surface area contributed by atoms with E-state index in [1.807, 2.05) is 20.8 Å². The van der Waals surface area contributed by atoms with Crippen LogP contribution in [0, 0.1) is 5.92 Å². The van der Waals surface area contributed by atoms with E-state index < -0.39 is 15.9 Å². The van der Waals surface area contributed by atoms with Crippen molar-refractivity contribution in [2.45, 2.75) is 51.0 Å². The number of sulfonamides is 1. The van der Waals surface area contributed by atoms with Crippen LogP contribution in [0.15, 0.2) is 47.4 Å². The normalized spacial score (nSPS) is 16.8. The molecule has 1 unspecified atom stereocenters. The summed E-state index contributed by atoms with van der Waals surface area (Å²) >= 11 is 0. The maximum absolute atomic E-state index is 13.4. The van der Waals surface area contributed by atoms with Gasteiger partial charge in [0, 0.05) is 24.7 Å². The molecule has 0 spiro atoms. The number of rotatable bonds is 8. The third-order valence-corrected chi connectivity index (χ3v) is 7.88. The lowest BCUT2D eigenvalue weighted by Crippen LogP contribution is -2.42. The van der Waals surface area contributed by atoms with Crippen molar-refractivity contribution < 1.29 is 22.7 Å². The molecule has 3 rings (SSSR count). The number of amides is 2. The van der Waals surface area contributed by atoms with Gasteiger partial charge in [-0.3, -0.25) is 9.59 Å². The second-order valence-electron chi connectivity index (χ2n) is 8.93. The lowest BCUT2D eigenvalue weighted by atomic mass is 10.1. The van der Waals surface area contributed by atoms with Crippen LogP contribution >= 0.6 is 0 Å². The molecule has 8 nitrogen and oxygen atoms in total. The summed E-state index contributed by atoms with van der Waals surface area (Å²) in [7, 11) is -2.45. The van der Waals surface area contributed by atoms with Crippen LogP contribution in [0.5, 0.6) is 5.75 Å². The van der Waals surface area contributed by atoms with Crippen molar-refractivity contribution in [3.63, 3.8) is 0 Å². The first kappa shape index (κ1) is 25.7. The fraction of sp³-hybridized carbons (Fsp3) is 0.440. The number of carbonyl (C=O) groups is 2. The van der Waals surface area contributed by atoms with Gasteiger partial charge in [-0.05, 0) is 56.0 Å². The van der Waals surface area contributed by atoms with Gasteiger partial charge >= 0.3 is 0 Å². The van der Waals surface area contributed by atoms with Gasteiger partial charge in [-0.15, -0.1) is 0 Å². The SMILES string of the molecule is COc1ccc(C(=O)Nc2ccccc2C(=O)NCC(C)C)cc1S(=O)(=O)N1CCCCC1C. The number of benzene rings is 2. The van der Waals surface area contributed by atoms with Gasteiger partial charge in [-0.1, -0.05) is 32.4 Å². The topological polar surface area (TPSA) is 105 Å². The first-order chi connectivity index (χ1) is 16.1. The summed E-state index contributed by atoms with van der Waals surface area (Å²) in [6.07, 6.45) is 2.57. The largest absolute Gasteiger partial charge is 0.495 e. The Bertz CT molecular complexity index is 1150. The van der Waals surface area contributed by atoms with Crippen LogP contribution < -0.4 is 15.4 Å². The minimum absolute atomic E-state index is 0.0423. The monoisotopic (exact) mass is 487 g/mol. The third-order valence-electron chi connectivity index (χ3n) is 5.85. The maximum atomic E-state index is 13.4. The Balaban J connectivity index is 1.89. The highest BCUT2D eigenvalue weighted by molar-refractivity contribution is 7.89. The zero-order chi connectivity index (χ0) is 24.9. The van der Waals surface area contributed by atoms with Gasteiger partial charge in [-0.25, -0.2) is 8.42 Å². The molecular weight excluding hydrogens is 454 g/mol. The molecule has 0 aliphatic carbocycles. The van der Waals surface area contributed by atoms with Gasteiger partial charge in [0.2, 0.25) is 10.0 Å². The van der Waals surface area contributed by atoms with Crippen LogP contribution in [0.25, 0.3) is 0 Å². The van der Waals surface area contributed by atoms with Crippen molar-refractivity contribution >= 4 is 27.5 Å². The van der Waals surface area contributed by atoms with E-state index in [1.54, 1.807) is 24.3 Å². The molecule has 2 N–H and O–H groups in total. The molecule has 1 saturated heterocycles. The molecule has 1 heterocycles. The first-order valence-corrected chi connectivity index (χ1v) is 13.0. The second-order valence-corrected chi connectivity index (χ2v) is 10.8. The van der Waals surface area contributed by atoms with E-state index in [9.17, 15) is 18.0 Å². The molecule has 1 aliphatic rings. The van der Waals surface area contributed by atoms with Gasteiger partial charge in [0.25, 0.3) is 11.8 Å². The number of ether oxygens (including phenoxy) is 1. The molecule has 34 heavy (non-hydrogen) atoms. The van der Waals surface area contributed by atoms with Crippen molar-refractivity contribution in [1.82, 2.24) is 9.62 Å². The van der Waals surface area contributed by atoms with Crippen LogP contribution in [-0.2, 0) is 10.0 Å². The van der Waals surface area contributed by atoms with Crippen molar-refractivity contribution in [1.29, 1.82) is 0 Å². The summed E-state index contributed by atoms with van der Waals surface area (Å²) in [6, 6.07) is 10.9. The van der Waals surface area contributed by atoms with Gasteiger partial charge in [0.05, 0.1) is 18.4 Å². The number of nitrogens with one attached hydrogen (secondary N) is 2. The fourth-order valence-electron chi connectivity index (χ4n) is 3.95. The zero-order valence-corrected chi connectivity index (χ0v) is 20.9. The molecule has 1 aliphatic heterocycles. The Kier molecular flexibility index (Phi) is 8.33. The molecule has 2 aromatic carbocycles. The number of methoxy groups -OCH3 is 1. The van der Waals surface area contributed by atoms with E-state index in [-0.39, 0.29) is 34.1 Å². The van der Waals surface area contributed by atoms with Gasteiger partial charge in [0.1, 0.15) is 10.6 Å². The molecular formula is C25H33N3O5S. The van der Waals surface area contributed by atoms with Gasteiger partial charge in [-0.2, -0.15) is 4.31 Å². The number of nitrogens with zero attached hydrogens (tertiary/aromatic N) is 1. The Labute approximate surface area is 201 Å². The highest BCUT2D eigenvalue weighted by Crippen LogP contribution is 2.32. The minimum atomic E-state index is -3.86. The van der Waals surface area contributed by atoms with E-state index in [4.69, 9.17) is 4.74 Å². The van der Waals surface area contributed by atoms with E-state index in [2.05, 4.69) is 10.6 Å². The molecule has 2 amide bonds. The quantitative estimate of drug-likeness (QED) is 0.588. The molecule has 0 bridgehead atoms. The van der Waals surface area contributed by atoms with Crippen molar-refractivity contribution in [3.8, 4) is 5.75 Å². The Morgan fingerprint density at radius 2 is 1.85 bits per heavy atom. The fourth-order valence-corrected chi connectivity index (χ4v) is 5.83. The highest BCUT2D eigenvalue weighted by atomic mass is 32.2. The molecule has 1 atom stereocenters. The number of anilines is 1. The summed E-state index contributed by atoms with van der Waals surface area (Å²) < 4.78 is 33.7. The molecule has 0 saturated carbocycles. The van der Waals surface area contributed by atoms with Crippen LogP contribution in [0.4, 0.5) is 5.69 Å². The van der Waals surface area contributed by atoms with Gasteiger partial charge in [0.15, 0.2) is 0 Å². The van der Waals surface area contributed by atoms with E-state index in [0.29, 0.717) is 24.3 Å². The number of carbonyl (C=O) groups excluding carboxylic acids is 2. The zero-order valence-electron chi connectivity index (χ0n) is 20.1. The summed E-state index contributed by atoms with van der Waals surface area (Å²) in [5.74, 6) is -0.340. The lowest BCUT2D eigenvalue weighted by Gasteiger charge is -2.32. The predicted octanol–water partition coefficient (Wildman–Crippen LogP) is 3.90. The van der Waals surface area contributed by atoms with Crippen molar-refractivity contribution in [2.75, 3.05) is 25.5 Å². The number of para-hydroxylation sites is 1. The Morgan fingerprint density at radius 1 is 1.12 bits per heavy atom. The second kappa shape index (κ2) is 11.0. The standard InChI is InChI=1S/C25H33N3O5S/c1-17(2)16-26-25(30)20-10-5-6-11-21(20)27-24(29)19-12-13-22(33-4)23(15-19)34(31,32)28-14-8-7-9-18(28)3/h5-6,10-13,15,17-18H,7-9,14,16H2,1-4H3,(H,26,30)(H,27,29). The molecule has 184 valence electrons. The van der Waals surface area contributed by atoms with Crippen LogP contribution in [0.1, 0.15) is 60.7 Å². The smallest absolute Gasteiger partial charge is 0.255 e. The molecule has 0 radical (unpaired) electrons. The van der Waals surface area contributed by atoms with Crippen LogP contribution in [0.2, 0.25) is 0 Å². The lowest BCUT2D eigenvalue weighted by molar-refractivity contribution is 0.0950. The summed E-state index contributed by atoms with van der Waals surface area (Å²) in [5, 5.41) is 5.60. The Hall–Kier alpha value is -2.91. The summed E-state index contributed by atoms with van der Waals surface area (Å²) in [6.45, 7) is 6.82. The number of hydrogen-bond acceptors (Lipinski definition) is 5. The van der Waals surface area contributed by atoms with Crippen molar-refractivity contribution in [2.24, 2.45) is 5.92 Å². The highest BCUT2D eigenvalue weighted by Gasteiger charge is 2.33. The maximum Gasteiger partial charge on any atom is 0.255 e. The first-order valence-electron chi connectivity index (χ1n) is 11.5. The molecule has 2 aromatic rings. The van der Waals surface area contributed by atoms with E-state index >= 15 is 0 Å². The van der Waals surface area contributed by atoms with E-state index in [0.717, 1.165) is 19.3 Å². The van der Waals surface area contributed by atoms with Gasteiger partial charge < -0.3 is 15.4 Å². The Morgan fingerprint density at radius 3 is 2.53 bits per heavy atom. The summed E-state index contributed by atoms with van der Waals surface area (Å²) in [4.78, 5) is 25.6. The molecule has 9 heteroatoms. The predicted molar refractivity (Wildman–Crippen MR) is 132 cm³/mol. The average molecular weight is 488 g/mol. The molecule has 0 aromatic heterocycles. The van der Waals surface area contributed by atoms with Crippen molar-refractivity contribution in [3.05, 3.63) is 53.6 Å². The molecule has 1 fully saturated rings. The third kappa shape index (κ3) is 5.77. The number of piperidine rings is 1. The van der Waals surface area contributed by atoms with E-state index in [1.165, 1.54) is 29.6 Å². The van der Waals surface area contributed by atoms with Crippen LogP contribution in [-0.4, -0.2) is 50.8 Å². The average Bonchev–Trinajstić information content (AvgIpc) is 2.82. The summed E-state index contributed by atoms with van der Waals surface area (Å²) in [5.41, 5.74) is 0.833. The van der Waals surface area contributed by atoms with Crippen LogP contribution in [0.3, 0.4) is 0 Å².